The summed E-state index contributed by atoms with van der Waals surface area (Å²) in [7, 11) is 0. The second-order valence-corrected chi connectivity index (χ2v) is 5.30. The number of halogens is 1. The van der Waals surface area contributed by atoms with Crippen LogP contribution in [0.1, 0.15) is 26.3 Å². The second kappa shape index (κ2) is 9.19. The molecule has 5 heteroatoms. The fourth-order valence-corrected chi connectivity index (χ4v) is 1.90. The molecule has 20 heavy (non-hydrogen) atoms. The van der Waals surface area contributed by atoms with E-state index < -0.39 is 6.10 Å². The molecule has 1 rings (SSSR count). The summed E-state index contributed by atoms with van der Waals surface area (Å²) in [6.45, 7) is 7.73. The Labute approximate surface area is 126 Å². The van der Waals surface area contributed by atoms with E-state index in [0.29, 0.717) is 30.0 Å². The molecule has 114 valence electrons. The summed E-state index contributed by atoms with van der Waals surface area (Å²) in [4.78, 5) is 0. The Kier molecular flexibility index (Phi) is 7.92. The predicted octanol–water partition coefficient (Wildman–Crippen LogP) is 2.61. The zero-order valence-corrected chi connectivity index (χ0v) is 13.1. The number of aliphatic hydroxyl groups excluding tert-OH is 1. The highest BCUT2D eigenvalue weighted by molar-refractivity contribution is 6.32. The Morgan fingerprint density at radius 2 is 2.05 bits per heavy atom. The Morgan fingerprint density at radius 1 is 1.30 bits per heavy atom. The Hall–Kier alpha value is -0.810. The maximum absolute atomic E-state index is 9.73. The van der Waals surface area contributed by atoms with E-state index in [1.54, 1.807) is 6.07 Å². The third-order valence-corrected chi connectivity index (χ3v) is 2.98. The Bertz CT molecular complexity index is 399. The van der Waals surface area contributed by atoms with Crippen LogP contribution in [0.4, 0.5) is 0 Å². The van der Waals surface area contributed by atoms with Gasteiger partial charge in [-0.25, -0.2) is 0 Å². The molecule has 0 fully saturated rings. The highest BCUT2D eigenvalue weighted by Crippen LogP contribution is 2.28. The summed E-state index contributed by atoms with van der Waals surface area (Å²) < 4.78 is 10.8. The first kappa shape index (κ1) is 17.2. The minimum Gasteiger partial charge on any atom is -0.489 e. The van der Waals surface area contributed by atoms with E-state index in [-0.39, 0.29) is 13.2 Å². The predicted molar refractivity (Wildman–Crippen MR) is 81.4 cm³/mol. The number of benzene rings is 1. The SMILES string of the molecule is CCOCC(O)COc1c(Cl)cccc1CNC(C)C. The number of hydrogen-bond acceptors (Lipinski definition) is 4. The van der Waals surface area contributed by atoms with Crippen LogP contribution in [0.15, 0.2) is 18.2 Å². The second-order valence-electron chi connectivity index (χ2n) is 4.89. The molecular formula is C15H24ClNO3. The van der Waals surface area contributed by atoms with Crippen molar-refractivity contribution in [3.63, 3.8) is 0 Å². The van der Waals surface area contributed by atoms with Crippen molar-refractivity contribution in [3.05, 3.63) is 28.8 Å². The Balaban J connectivity index is 2.62. The molecule has 0 aliphatic carbocycles. The summed E-state index contributed by atoms with van der Waals surface area (Å²) in [6, 6.07) is 6.02. The quantitative estimate of drug-likeness (QED) is 0.736. The van der Waals surface area contributed by atoms with Crippen molar-refractivity contribution in [1.82, 2.24) is 5.32 Å². The molecule has 0 aliphatic heterocycles. The standard InChI is InChI=1S/C15H24ClNO3/c1-4-19-9-13(18)10-20-15-12(8-17-11(2)3)6-5-7-14(15)16/h5-7,11,13,17-18H,4,8-10H2,1-3H3. The number of para-hydroxylation sites is 1. The van der Waals surface area contributed by atoms with Crippen LogP contribution in [0, 0.1) is 0 Å². The molecule has 0 saturated carbocycles. The van der Waals surface area contributed by atoms with E-state index in [9.17, 15) is 5.11 Å². The zero-order valence-electron chi connectivity index (χ0n) is 12.4. The van der Waals surface area contributed by atoms with E-state index >= 15 is 0 Å². The third kappa shape index (κ3) is 6.09. The zero-order chi connectivity index (χ0) is 15.0. The van der Waals surface area contributed by atoms with Gasteiger partial charge in [-0.1, -0.05) is 37.6 Å². The largest absolute Gasteiger partial charge is 0.489 e. The van der Waals surface area contributed by atoms with Crippen molar-refractivity contribution >= 4 is 11.6 Å². The van der Waals surface area contributed by atoms with E-state index in [4.69, 9.17) is 21.1 Å². The average Bonchev–Trinajstić information content (AvgIpc) is 2.41. The highest BCUT2D eigenvalue weighted by atomic mass is 35.5. The lowest BCUT2D eigenvalue weighted by Crippen LogP contribution is -2.25. The van der Waals surface area contributed by atoms with Crippen LogP contribution in [-0.4, -0.2) is 37.1 Å². The van der Waals surface area contributed by atoms with Gasteiger partial charge in [-0.3, -0.25) is 0 Å². The third-order valence-electron chi connectivity index (χ3n) is 2.68. The topological polar surface area (TPSA) is 50.7 Å². The highest BCUT2D eigenvalue weighted by Gasteiger charge is 2.11. The molecule has 1 unspecified atom stereocenters. The average molecular weight is 302 g/mol. The van der Waals surface area contributed by atoms with Crippen molar-refractivity contribution in [3.8, 4) is 5.75 Å². The molecular weight excluding hydrogens is 278 g/mol. The summed E-state index contributed by atoms with van der Waals surface area (Å²) in [5.74, 6) is 0.623. The fraction of sp³-hybridized carbons (Fsp3) is 0.600. The van der Waals surface area contributed by atoms with Crippen molar-refractivity contribution in [2.75, 3.05) is 19.8 Å². The molecule has 1 atom stereocenters. The van der Waals surface area contributed by atoms with Gasteiger partial charge in [0, 0.05) is 24.8 Å². The molecule has 0 spiro atoms. The number of ether oxygens (including phenoxy) is 2. The monoisotopic (exact) mass is 301 g/mol. The Morgan fingerprint density at radius 3 is 2.70 bits per heavy atom. The number of aliphatic hydroxyl groups is 1. The molecule has 1 aromatic carbocycles. The van der Waals surface area contributed by atoms with Crippen molar-refractivity contribution < 1.29 is 14.6 Å². The lowest BCUT2D eigenvalue weighted by molar-refractivity contribution is 0.0162. The maximum atomic E-state index is 9.73. The van der Waals surface area contributed by atoms with Crippen LogP contribution < -0.4 is 10.1 Å². The minimum absolute atomic E-state index is 0.165. The van der Waals surface area contributed by atoms with Gasteiger partial charge in [0.05, 0.1) is 11.6 Å². The maximum Gasteiger partial charge on any atom is 0.142 e. The molecule has 1 aromatic rings. The van der Waals surface area contributed by atoms with Crippen molar-refractivity contribution in [1.29, 1.82) is 0 Å². The van der Waals surface area contributed by atoms with Crippen LogP contribution in [0.5, 0.6) is 5.75 Å². The van der Waals surface area contributed by atoms with Crippen LogP contribution in [0.3, 0.4) is 0 Å². The van der Waals surface area contributed by atoms with Gasteiger partial charge in [0.2, 0.25) is 0 Å². The van der Waals surface area contributed by atoms with Gasteiger partial charge in [-0.15, -0.1) is 0 Å². The lowest BCUT2D eigenvalue weighted by Gasteiger charge is -2.17. The molecule has 0 bridgehead atoms. The van der Waals surface area contributed by atoms with Crippen LogP contribution in [-0.2, 0) is 11.3 Å². The number of rotatable bonds is 9. The van der Waals surface area contributed by atoms with Crippen LogP contribution >= 0.6 is 11.6 Å². The normalized spacial score (nSPS) is 12.7. The smallest absolute Gasteiger partial charge is 0.142 e. The van der Waals surface area contributed by atoms with Gasteiger partial charge in [0.25, 0.3) is 0 Å². The first-order valence-corrected chi connectivity index (χ1v) is 7.31. The van der Waals surface area contributed by atoms with E-state index in [1.165, 1.54) is 0 Å². The van der Waals surface area contributed by atoms with Gasteiger partial charge < -0.3 is 19.9 Å². The molecule has 0 aromatic heterocycles. The lowest BCUT2D eigenvalue weighted by atomic mass is 10.2. The van der Waals surface area contributed by atoms with Gasteiger partial charge >= 0.3 is 0 Å². The number of nitrogens with one attached hydrogen (secondary N) is 1. The molecule has 0 heterocycles. The number of hydrogen-bond donors (Lipinski definition) is 2. The van der Waals surface area contributed by atoms with Crippen LogP contribution in [0.25, 0.3) is 0 Å². The first-order chi connectivity index (χ1) is 9.54. The van der Waals surface area contributed by atoms with Gasteiger partial charge in [0.1, 0.15) is 18.5 Å². The molecule has 4 nitrogen and oxygen atoms in total. The molecule has 0 amide bonds. The molecule has 2 N–H and O–H groups in total. The van der Waals surface area contributed by atoms with E-state index in [1.807, 2.05) is 19.1 Å². The molecule has 0 radical (unpaired) electrons. The summed E-state index contributed by atoms with van der Waals surface area (Å²) in [6.07, 6.45) is -0.655. The van der Waals surface area contributed by atoms with E-state index in [2.05, 4.69) is 19.2 Å². The van der Waals surface area contributed by atoms with Gasteiger partial charge in [-0.05, 0) is 13.0 Å². The molecule has 0 saturated heterocycles. The summed E-state index contributed by atoms with van der Waals surface area (Å²) >= 11 is 6.17. The van der Waals surface area contributed by atoms with Crippen LogP contribution in [0.2, 0.25) is 5.02 Å². The van der Waals surface area contributed by atoms with Gasteiger partial charge in [-0.2, -0.15) is 0 Å². The summed E-state index contributed by atoms with van der Waals surface area (Å²) in [5.41, 5.74) is 0.981. The fourth-order valence-electron chi connectivity index (χ4n) is 1.65. The first-order valence-electron chi connectivity index (χ1n) is 6.94. The van der Waals surface area contributed by atoms with Gasteiger partial charge in [0.15, 0.2) is 0 Å². The van der Waals surface area contributed by atoms with Crippen molar-refractivity contribution in [2.24, 2.45) is 0 Å². The van der Waals surface area contributed by atoms with E-state index in [0.717, 1.165) is 5.56 Å². The van der Waals surface area contributed by atoms with Crippen molar-refractivity contribution in [2.45, 2.75) is 39.5 Å². The summed E-state index contributed by atoms with van der Waals surface area (Å²) in [5, 5.41) is 13.6. The minimum atomic E-state index is -0.655. The molecule has 0 aliphatic rings.